The second-order valence-electron chi connectivity index (χ2n) is 9.78. The van der Waals surface area contributed by atoms with Crippen molar-refractivity contribution >= 4 is 86.7 Å². The number of aromatic nitrogens is 2. The minimum absolute atomic E-state index is 0. The van der Waals surface area contributed by atoms with Crippen LogP contribution < -0.4 is 20.3 Å². The van der Waals surface area contributed by atoms with Crippen molar-refractivity contribution < 1.29 is 23.9 Å². The SMILES string of the molecule is CCOCCNC(=O)c1ccc(/C=C/C(=O)NCC(=O)N(C)c2ccc(Cl)c(COc3cccn4c(Br)c(C)nc34)c2Cl)cc1.Cl. The van der Waals surface area contributed by atoms with E-state index in [9.17, 15) is 14.4 Å². The van der Waals surface area contributed by atoms with Crippen molar-refractivity contribution in [2.24, 2.45) is 0 Å². The number of pyridine rings is 1. The number of imidazole rings is 1. The lowest BCUT2D eigenvalue weighted by molar-refractivity contribution is -0.122. The average Bonchev–Trinajstić information content (AvgIpc) is 3.34. The number of nitrogens with zero attached hydrogens (tertiary/aromatic N) is 3. The first-order chi connectivity index (χ1) is 21.6. The van der Waals surface area contributed by atoms with Crippen LogP contribution in [0.3, 0.4) is 0 Å². The van der Waals surface area contributed by atoms with E-state index in [-0.39, 0.29) is 36.5 Å². The molecule has 46 heavy (non-hydrogen) atoms. The number of hydrogen-bond acceptors (Lipinski definition) is 6. The van der Waals surface area contributed by atoms with Gasteiger partial charge in [0.1, 0.15) is 11.2 Å². The van der Waals surface area contributed by atoms with Crippen LogP contribution in [0, 0.1) is 6.92 Å². The summed E-state index contributed by atoms with van der Waals surface area (Å²) in [6, 6.07) is 13.7. The van der Waals surface area contributed by atoms with Gasteiger partial charge in [-0.1, -0.05) is 35.3 Å². The van der Waals surface area contributed by atoms with Gasteiger partial charge in [-0.15, -0.1) is 12.4 Å². The molecule has 2 aromatic heterocycles. The summed E-state index contributed by atoms with van der Waals surface area (Å²) in [7, 11) is 1.56. The predicted molar refractivity (Wildman–Crippen MR) is 186 cm³/mol. The summed E-state index contributed by atoms with van der Waals surface area (Å²) in [4.78, 5) is 43.4. The lowest BCUT2D eigenvalue weighted by atomic mass is 10.1. The number of carbonyl (C=O) groups is 3. The zero-order valence-electron chi connectivity index (χ0n) is 25.3. The molecule has 0 spiro atoms. The fraction of sp³-hybridized carbons (Fsp3) is 0.250. The van der Waals surface area contributed by atoms with Gasteiger partial charge in [0.2, 0.25) is 11.8 Å². The van der Waals surface area contributed by atoms with Gasteiger partial charge in [0, 0.05) is 48.6 Å². The maximum Gasteiger partial charge on any atom is 0.251 e. The average molecular weight is 754 g/mol. The van der Waals surface area contributed by atoms with E-state index >= 15 is 0 Å². The highest BCUT2D eigenvalue weighted by atomic mass is 79.9. The number of aryl methyl sites for hydroxylation is 1. The van der Waals surface area contributed by atoms with Crippen molar-refractivity contribution in [3.63, 3.8) is 0 Å². The van der Waals surface area contributed by atoms with Gasteiger partial charge in [-0.25, -0.2) is 4.98 Å². The molecule has 2 aromatic carbocycles. The van der Waals surface area contributed by atoms with E-state index in [1.165, 1.54) is 11.0 Å². The van der Waals surface area contributed by atoms with Crippen molar-refractivity contribution in [3.05, 3.63) is 97.8 Å². The van der Waals surface area contributed by atoms with Gasteiger partial charge in [-0.3, -0.25) is 18.8 Å². The fourth-order valence-electron chi connectivity index (χ4n) is 4.24. The molecule has 2 N–H and O–H groups in total. The number of likely N-dealkylation sites (N-methyl/N-ethyl adjacent to an activating group) is 1. The van der Waals surface area contributed by atoms with Gasteiger partial charge in [0.25, 0.3) is 5.91 Å². The number of fused-ring (bicyclic) bond motifs is 1. The molecule has 0 bridgehead atoms. The van der Waals surface area contributed by atoms with Crippen LogP contribution in [0.4, 0.5) is 5.69 Å². The quantitative estimate of drug-likeness (QED) is 0.123. The van der Waals surface area contributed by atoms with Crippen LogP contribution in [0.15, 0.2) is 65.4 Å². The molecule has 2 heterocycles. The zero-order valence-corrected chi connectivity index (χ0v) is 29.2. The largest absolute Gasteiger partial charge is 0.485 e. The number of ether oxygens (including phenoxy) is 2. The van der Waals surface area contributed by atoms with E-state index in [4.69, 9.17) is 32.7 Å². The summed E-state index contributed by atoms with van der Waals surface area (Å²) >= 11 is 16.7. The molecular formula is C32H33BrCl3N5O5. The Bertz CT molecular complexity index is 1730. The van der Waals surface area contributed by atoms with Gasteiger partial charge in [0.05, 0.1) is 29.6 Å². The van der Waals surface area contributed by atoms with Crippen molar-refractivity contribution in [1.82, 2.24) is 20.0 Å². The number of halogens is 4. The number of anilines is 1. The van der Waals surface area contributed by atoms with E-state index < -0.39 is 11.8 Å². The molecule has 0 unspecified atom stereocenters. The first kappa shape index (κ1) is 36.9. The first-order valence-electron chi connectivity index (χ1n) is 14.0. The maximum absolute atomic E-state index is 12.9. The molecule has 0 radical (unpaired) electrons. The molecule has 0 atom stereocenters. The van der Waals surface area contributed by atoms with Gasteiger partial charge >= 0.3 is 0 Å². The Labute approximate surface area is 291 Å². The summed E-state index contributed by atoms with van der Waals surface area (Å²) < 4.78 is 14.0. The highest BCUT2D eigenvalue weighted by Gasteiger charge is 2.20. The third-order valence-corrected chi connectivity index (χ3v) is 8.47. The molecule has 3 amide bonds. The zero-order chi connectivity index (χ0) is 32.5. The fourth-order valence-corrected chi connectivity index (χ4v) is 5.22. The molecule has 244 valence electrons. The van der Waals surface area contributed by atoms with Crippen LogP contribution in [-0.4, -0.2) is 60.5 Å². The van der Waals surface area contributed by atoms with Crippen molar-refractivity contribution in [2.45, 2.75) is 20.5 Å². The summed E-state index contributed by atoms with van der Waals surface area (Å²) in [5, 5.41) is 5.99. The molecule has 4 aromatic rings. The van der Waals surface area contributed by atoms with Crippen LogP contribution in [-0.2, 0) is 20.9 Å². The van der Waals surface area contributed by atoms with Crippen LogP contribution in [0.25, 0.3) is 11.7 Å². The van der Waals surface area contributed by atoms with Crippen LogP contribution in [0.2, 0.25) is 10.0 Å². The number of rotatable bonds is 13. The molecule has 0 aliphatic heterocycles. The number of nitrogens with one attached hydrogen (secondary N) is 2. The van der Waals surface area contributed by atoms with Gasteiger partial charge in [-0.05, 0) is 77.8 Å². The summed E-state index contributed by atoms with van der Waals surface area (Å²) in [5.41, 5.74) is 3.58. The Kier molecular flexibility index (Phi) is 13.9. The molecule has 0 saturated carbocycles. The summed E-state index contributed by atoms with van der Waals surface area (Å²) in [5.74, 6) is -0.517. The molecular weight excluding hydrogens is 721 g/mol. The van der Waals surface area contributed by atoms with Gasteiger partial charge in [-0.2, -0.15) is 0 Å². The lowest BCUT2D eigenvalue weighted by Crippen LogP contribution is -2.37. The molecule has 0 fully saturated rings. The van der Waals surface area contributed by atoms with Crippen LogP contribution in [0.1, 0.15) is 34.1 Å². The predicted octanol–water partition coefficient (Wildman–Crippen LogP) is 6.27. The molecule has 10 nitrogen and oxygen atoms in total. The minimum Gasteiger partial charge on any atom is -0.485 e. The third-order valence-electron chi connectivity index (χ3n) is 6.74. The number of amides is 3. The lowest BCUT2D eigenvalue weighted by Gasteiger charge is -2.21. The molecule has 0 saturated heterocycles. The van der Waals surface area contributed by atoms with E-state index in [0.29, 0.717) is 58.6 Å². The molecule has 14 heteroatoms. The number of benzene rings is 2. The topological polar surface area (TPSA) is 114 Å². The van der Waals surface area contributed by atoms with Crippen LogP contribution in [0.5, 0.6) is 5.75 Å². The number of carbonyl (C=O) groups excluding carboxylic acids is 3. The Morgan fingerprint density at radius 3 is 2.54 bits per heavy atom. The minimum atomic E-state index is -0.458. The van der Waals surface area contributed by atoms with Crippen molar-refractivity contribution in [3.8, 4) is 5.75 Å². The van der Waals surface area contributed by atoms with E-state index in [2.05, 4.69) is 31.5 Å². The third kappa shape index (κ3) is 9.23. The maximum atomic E-state index is 12.9. The second-order valence-corrected chi connectivity index (χ2v) is 11.3. The van der Waals surface area contributed by atoms with Gasteiger partial charge in [0.15, 0.2) is 11.4 Å². The molecule has 0 aliphatic carbocycles. The summed E-state index contributed by atoms with van der Waals surface area (Å²) in [6.45, 7) is 5.01. The Morgan fingerprint density at radius 1 is 1.09 bits per heavy atom. The van der Waals surface area contributed by atoms with Crippen molar-refractivity contribution in [2.75, 3.05) is 38.3 Å². The van der Waals surface area contributed by atoms with Gasteiger partial charge < -0.3 is 25.0 Å². The first-order valence-corrected chi connectivity index (χ1v) is 15.6. The monoisotopic (exact) mass is 751 g/mol. The molecule has 0 aliphatic rings. The van der Waals surface area contributed by atoms with E-state index in [0.717, 1.165) is 10.3 Å². The second kappa shape index (κ2) is 17.3. The van der Waals surface area contributed by atoms with Crippen molar-refractivity contribution in [1.29, 1.82) is 0 Å². The smallest absolute Gasteiger partial charge is 0.251 e. The normalized spacial score (nSPS) is 10.9. The molecule has 4 rings (SSSR count). The summed E-state index contributed by atoms with van der Waals surface area (Å²) in [6.07, 6.45) is 4.77. The van der Waals surface area contributed by atoms with E-state index in [1.54, 1.807) is 55.6 Å². The standard InChI is InChI=1S/C32H32BrCl2N5O5.ClH/c1-4-44-17-15-36-32(43)22-10-7-21(8-11-22)9-14-27(41)37-18-28(42)39(3)25-13-12-24(34)23(29(25)35)19-45-26-6-5-16-40-30(33)20(2)38-31(26)40;/h5-14,16H,4,15,17-19H2,1-3H3,(H,36,43)(H,37,41);1H/b14-9+;. The number of hydrogen-bond donors (Lipinski definition) is 2. The highest BCUT2D eigenvalue weighted by Crippen LogP contribution is 2.35. The Balaban J connectivity index is 0.00000576. The Morgan fingerprint density at radius 2 is 1.83 bits per heavy atom. The Hall–Kier alpha value is -3.61. The highest BCUT2D eigenvalue weighted by molar-refractivity contribution is 9.10. The van der Waals surface area contributed by atoms with Crippen LogP contribution >= 0.6 is 51.5 Å². The van der Waals surface area contributed by atoms with E-state index in [1.807, 2.05) is 30.5 Å².